The van der Waals surface area contributed by atoms with Crippen molar-refractivity contribution in [1.29, 1.82) is 0 Å². The number of hydrogen-bond acceptors (Lipinski definition) is 4. The summed E-state index contributed by atoms with van der Waals surface area (Å²) >= 11 is 1.54. The Kier molecular flexibility index (Phi) is 7.18. The Morgan fingerprint density at radius 1 is 1.30 bits per heavy atom. The zero-order chi connectivity index (χ0) is 16.7. The summed E-state index contributed by atoms with van der Waals surface area (Å²) in [6.07, 6.45) is 6.92. The van der Waals surface area contributed by atoms with Gasteiger partial charge in [0.05, 0.1) is 6.61 Å². The van der Waals surface area contributed by atoms with Crippen molar-refractivity contribution in [2.24, 2.45) is 11.7 Å². The molecular weight excluding hydrogens is 311 g/mol. The molecule has 1 aromatic carbocycles. The summed E-state index contributed by atoms with van der Waals surface area (Å²) in [7, 11) is 0. The maximum Gasteiger partial charge on any atom is 0.165 e. The molecule has 0 aromatic heterocycles. The van der Waals surface area contributed by atoms with Gasteiger partial charge in [0.25, 0.3) is 0 Å². The fourth-order valence-electron chi connectivity index (χ4n) is 2.29. The molecule has 23 heavy (non-hydrogen) atoms. The van der Waals surface area contributed by atoms with Gasteiger partial charge in [0, 0.05) is 10.4 Å². The summed E-state index contributed by atoms with van der Waals surface area (Å²) in [6.45, 7) is 5.78. The van der Waals surface area contributed by atoms with E-state index in [0.717, 1.165) is 30.7 Å². The SMILES string of the molecule is CC(C)(CCCCCN)NSc1ccc(F)c(OCC2CC2)c1. The summed E-state index contributed by atoms with van der Waals surface area (Å²) in [5, 5.41) is 0. The molecule has 0 heterocycles. The van der Waals surface area contributed by atoms with Crippen LogP contribution in [0.4, 0.5) is 4.39 Å². The molecule has 130 valence electrons. The first-order chi connectivity index (χ1) is 11.0. The van der Waals surface area contributed by atoms with Gasteiger partial charge in [-0.2, -0.15) is 0 Å². The van der Waals surface area contributed by atoms with E-state index in [2.05, 4.69) is 18.6 Å². The molecular formula is C18H29FN2OS. The van der Waals surface area contributed by atoms with Gasteiger partial charge in [-0.1, -0.05) is 12.8 Å². The van der Waals surface area contributed by atoms with Crippen molar-refractivity contribution in [1.82, 2.24) is 4.72 Å². The molecule has 0 unspecified atom stereocenters. The van der Waals surface area contributed by atoms with Crippen LogP contribution >= 0.6 is 11.9 Å². The van der Waals surface area contributed by atoms with Crippen LogP contribution in [0.2, 0.25) is 0 Å². The number of nitrogens with two attached hydrogens (primary N) is 1. The van der Waals surface area contributed by atoms with Crippen LogP contribution in [0.5, 0.6) is 5.75 Å². The average Bonchev–Trinajstić information content (AvgIpc) is 3.34. The summed E-state index contributed by atoms with van der Waals surface area (Å²) in [5.74, 6) is 0.705. The highest BCUT2D eigenvalue weighted by Crippen LogP contribution is 2.31. The van der Waals surface area contributed by atoms with E-state index in [1.165, 1.54) is 25.3 Å². The van der Waals surface area contributed by atoms with Crippen LogP contribution in [0.3, 0.4) is 0 Å². The minimum atomic E-state index is -0.281. The van der Waals surface area contributed by atoms with Crippen LogP contribution in [-0.4, -0.2) is 18.7 Å². The number of unbranched alkanes of at least 4 members (excludes halogenated alkanes) is 2. The van der Waals surface area contributed by atoms with Crippen LogP contribution in [0.15, 0.2) is 23.1 Å². The summed E-state index contributed by atoms with van der Waals surface area (Å²) in [4.78, 5) is 0.979. The van der Waals surface area contributed by atoms with E-state index in [0.29, 0.717) is 18.3 Å². The third-order valence-electron chi connectivity index (χ3n) is 4.03. The zero-order valence-electron chi connectivity index (χ0n) is 14.2. The van der Waals surface area contributed by atoms with Crippen molar-refractivity contribution in [3.8, 4) is 5.75 Å². The van der Waals surface area contributed by atoms with E-state index in [-0.39, 0.29) is 11.4 Å². The van der Waals surface area contributed by atoms with Gasteiger partial charge in [-0.15, -0.1) is 0 Å². The Balaban J connectivity index is 1.80. The molecule has 0 bridgehead atoms. The van der Waals surface area contributed by atoms with Crippen molar-refractivity contribution in [3.63, 3.8) is 0 Å². The fourth-order valence-corrected chi connectivity index (χ4v) is 3.08. The highest BCUT2D eigenvalue weighted by molar-refractivity contribution is 7.97. The number of rotatable bonds is 11. The normalized spacial score (nSPS) is 15.0. The van der Waals surface area contributed by atoms with Crippen molar-refractivity contribution in [2.45, 2.75) is 62.8 Å². The number of nitrogens with one attached hydrogen (secondary N) is 1. The summed E-state index contributed by atoms with van der Waals surface area (Å²) in [6, 6.07) is 5.07. The van der Waals surface area contributed by atoms with Gasteiger partial charge in [-0.25, -0.2) is 4.39 Å². The van der Waals surface area contributed by atoms with Gasteiger partial charge >= 0.3 is 0 Å². The fraction of sp³-hybridized carbons (Fsp3) is 0.667. The topological polar surface area (TPSA) is 47.3 Å². The second-order valence-corrected chi connectivity index (χ2v) is 7.91. The molecule has 1 aromatic rings. The predicted molar refractivity (Wildman–Crippen MR) is 95.2 cm³/mol. The van der Waals surface area contributed by atoms with Gasteiger partial charge < -0.3 is 10.5 Å². The number of halogens is 1. The molecule has 5 heteroatoms. The second-order valence-electron chi connectivity index (χ2n) is 7.03. The Hall–Kier alpha value is -0.780. The Labute approximate surface area is 143 Å². The molecule has 3 N–H and O–H groups in total. The highest BCUT2D eigenvalue weighted by atomic mass is 32.2. The molecule has 1 saturated carbocycles. The van der Waals surface area contributed by atoms with E-state index in [1.807, 2.05) is 0 Å². The number of hydrogen-bond donors (Lipinski definition) is 2. The maximum atomic E-state index is 13.8. The minimum absolute atomic E-state index is 0.0304. The number of ether oxygens (including phenoxy) is 1. The standard InChI is InChI=1S/C18H29FN2OS/c1-18(2,10-4-3-5-11-20)21-23-15-8-9-16(19)17(12-15)22-13-14-6-7-14/h8-9,12,14,21H,3-7,10-11,13,20H2,1-2H3. The van der Waals surface area contributed by atoms with Gasteiger partial charge in [0.1, 0.15) is 0 Å². The lowest BCUT2D eigenvalue weighted by molar-refractivity contribution is 0.284. The first-order valence-electron chi connectivity index (χ1n) is 8.56. The maximum absolute atomic E-state index is 13.8. The highest BCUT2D eigenvalue weighted by Gasteiger charge is 2.23. The monoisotopic (exact) mass is 340 g/mol. The lowest BCUT2D eigenvalue weighted by Crippen LogP contribution is -2.34. The van der Waals surface area contributed by atoms with Crippen molar-refractivity contribution in [2.75, 3.05) is 13.2 Å². The van der Waals surface area contributed by atoms with E-state index in [9.17, 15) is 4.39 Å². The van der Waals surface area contributed by atoms with E-state index >= 15 is 0 Å². The molecule has 1 aliphatic rings. The van der Waals surface area contributed by atoms with Crippen LogP contribution in [0.25, 0.3) is 0 Å². The lowest BCUT2D eigenvalue weighted by atomic mass is 9.98. The molecule has 0 saturated heterocycles. The zero-order valence-corrected chi connectivity index (χ0v) is 15.1. The molecule has 0 spiro atoms. The molecule has 3 nitrogen and oxygen atoms in total. The Morgan fingerprint density at radius 3 is 2.78 bits per heavy atom. The Bertz CT molecular complexity index is 492. The largest absolute Gasteiger partial charge is 0.490 e. The molecule has 0 amide bonds. The Morgan fingerprint density at radius 2 is 2.09 bits per heavy atom. The predicted octanol–water partition coefficient (Wildman–Crippen LogP) is 4.51. The first-order valence-corrected chi connectivity index (χ1v) is 9.38. The first kappa shape index (κ1) is 18.6. The van der Waals surface area contributed by atoms with Crippen molar-refractivity contribution in [3.05, 3.63) is 24.0 Å². The molecule has 0 atom stereocenters. The minimum Gasteiger partial charge on any atom is -0.490 e. The third kappa shape index (κ3) is 7.10. The van der Waals surface area contributed by atoms with Gasteiger partial charge in [0.15, 0.2) is 11.6 Å². The van der Waals surface area contributed by atoms with E-state index in [4.69, 9.17) is 10.5 Å². The van der Waals surface area contributed by atoms with Crippen molar-refractivity contribution >= 4 is 11.9 Å². The number of benzene rings is 1. The van der Waals surface area contributed by atoms with Crippen LogP contribution in [0, 0.1) is 11.7 Å². The molecule has 0 aliphatic heterocycles. The quantitative estimate of drug-likeness (QED) is 0.460. The van der Waals surface area contributed by atoms with E-state index in [1.54, 1.807) is 24.1 Å². The van der Waals surface area contributed by atoms with Crippen LogP contribution in [-0.2, 0) is 0 Å². The van der Waals surface area contributed by atoms with Gasteiger partial charge in [-0.3, -0.25) is 4.72 Å². The molecule has 1 aliphatic carbocycles. The third-order valence-corrected chi connectivity index (χ3v) is 5.17. The van der Waals surface area contributed by atoms with Gasteiger partial charge in [-0.05, 0) is 82.1 Å². The average molecular weight is 341 g/mol. The van der Waals surface area contributed by atoms with Crippen LogP contribution < -0.4 is 15.2 Å². The molecule has 1 fully saturated rings. The lowest BCUT2D eigenvalue weighted by Gasteiger charge is -2.25. The summed E-state index contributed by atoms with van der Waals surface area (Å²) < 4.78 is 22.9. The molecule has 2 rings (SSSR count). The van der Waals surface area contributed by atoms with Crippen molar-refractivity contribution < 1.29 is 9.13 Å². The smallest absolute Gasteiger partial charge is 0.165 e. The molecule has 0 radical (unpaired) electrons. The summed E-state index contributed by atoms with van der Waals surface area (Å²) in [5.41, 5.74) is 5.55. The van der Waals surface area contributed by atoms with E-state index < -0.39 is 0 Å². The van der Waals surface area contributed by atoms with Gasteiger partial charge in [0.2, 0.25) is 0 Å². The van der Waals surface area contributed by atoms with Crippen LogP contribution in [0.1, 0.15) is 52.4 Å². The second kappa shape index (κ2) is 8.90.